The van der Waals surface area contributed by atoms with Gasteiger partial charge in [0.1, 0.15) is 11.6 Å². The Labute approximate surface area is 152 Å². The second kappa shape index (κ2) is 6.21. The molecule has 1 aromatic heterocycles. The minimum atomic E-state index is -0.313. The molecule has 2 fully saturated rings. The first-order chi connectivity index (χ1) is 12.8. The van der Waals surface area contributed by atoms with Gasteiger partial charge in [0.15, 0.2) is 0 Å². The summed E-state index contributed by atoms with van der Waals surface area (Å²) >= 11 is 0. The SMILES string of the molecule is O=C1OCCC1N1CCC2(CC1)OCCc1cn(-c3ccccc3)nc12. The second-order valence-corrected chi connectivity index (χ2v) is 7.38. The van der Waals surface area contributed by atoms with Crippen molar-refractivity contribution < 1.29 is 14.3 Å². The molecule has 0 saturated carbocycles. The van der Waals surface area contributed by atoms with Crippen LogP contribution in [-0.4, -0.2) is 53.0 Å². The molecule has 1 unspecified atom stereocenters. The first-order valence-corrected chi connectivity index (χ1v) is 9.44. The molecule has 1 aromatic carbocycles. The average molecular weight is 353 g/mol. The highest BCUT2D eigenvalue weighted by atomic mass is 16.5. The van der Waals surface area contributed by atoms with Crippen LogP contribution in [0.2, 0.25) is 0 Å². The normalized spacial score (nSPS) is 25.2. The van der Waals surface area contributed by atoms with Gasteiger partial charge in [0.05, 0.1) is 24.6 Å². The third kappa shape index (κ3) is 2.56. The van der Waals surface area contributed by atoms with Crippen LogP contribution in [-0.2, 0) is 26.3 Å². The highest BCUT2D eigenvalue weighted by molar-refractivity contribution is 5.77. The van der Waals surface area contributed by atoms with Gasteiger partial charge in [-0.3, -0.25) is 9.69 Å². The summed E-state index contributed by atoms with van der Waals surface area (Å²) in [6, 6.07) is 10.1. The number of hydrogen-bond acceptors (Lipinski definition) is 5. The zero-order valence-corrected chi connectivity index (χ0v) is 14.8. The molecule has 0 amide bonds. The van der Waals surface area contributed by atoms with Crippen molar-refractivity contribution in [3.63, 3.8) is 0 Å². The summed E-state index contributed by atoms with van der Waals surface area (Å²) in [6.45, 7) is 2.97. The number of benzene rings is 1. The lowest BCUT2D eigenvalue weighted by Gasteiger charge is -2.43. The lowest BCUT2D eigenvalue weighted by atomic mass is 9.83. The Balaban J connectivity index is 1.40. The smallest absolute Gasteiger partial charge is 0.323 e. The van der Waals surface area contributed by atoms with Crippen LogP contribution in [0, 0.1) is 0 Å². The van der Waals surface area contributed by atoms with Crippen LogP contribution < -0.4 is 0 Å². The van der Waals surface area contributed by atoms with Crippen LogP contribution >= 0.6 is 0 Å². The van der Waals surface area contributed by atoms with E-state index in [4.69, 9.17) is 14.6 Å². The Bertz CT molecular complexity index is 809. The highest BCUT2D eigenvalue weighted by Crippen LogP contribution is 2.41. The van der Waals surface area contributed by atoms with Crippen LogP contribution in [0.15, 0.2) is 36.5 Å². The van der Waals surface area contributed by atoms with Crippen molar-refractivity contribution in [1.29, 1.82) is 0 Å². The first kappa shape index (κ1) is 16.0. The molecule has 0 bridgehead atoms. The predicted octanol–water partition coefficient (Wildman–Crippen LogP) is 2.05. The Morgan fingerprint density at radius 2 is 1.92 bits per heavy atom. The molecule has 6 heteroatoms. The topological polar surface area (TPSA) is 56.6 Å². The maximum atomic E-state index is 11.9. The van der Waals surface area contributed by atoms with E-state index in [0.29, 0.717) is 6.61 Å². The predicted molar refractivity (Wildman–Crippen MR) is 95.1 cm³/mol. The number of hydrogen-bond donors (Lipinski definition) is 0. The molecule has 0 aliphatic carbocycles. The molecule has 2 aromatic rings. The van der Waals surface area contributed by atoms with E-state index < -0.39 is 0 Å². The van der Waals surface area contributed by atoms with Gasteiger partial charge in [-0.1, -0.05) is 18.2 Å². The van der Waals surface area contributed by atoms with E-state index in [1.165, 1.54) is 5.56 Å². The molecular formula is C20H23N3O3. The minimum Gasteiger partial charge on any atom is -0.464 e. The largest absolute Gasteiger partial charge is 0.464 e. The maximum absolute atomic E-state index is 11.9. The molecule has 1 spiro atoms. The number of carbonyl (C=O) groups is 1. The van der Waals surface area contributed by atoms with E-state index in [0.717, 1.165) is 56.8 Å². The molecule has 4 heterocycles. The molecule has 2 saturated heterocycles. The van der Waals surface area contributed by atoms with Crippen molar-refractivity contribution in [3.8, 4) is 5.69 Å². The van der Waals surface area contributed by atoms with Gasteiger partial charge in [-0.2, -0.15) is 5.10 Å². The minimum absolute atomic E-state index is 0.0699. The third-order valence-electron chi connectivity index (χ3n) is 5.95. The van der Waals surface area contributed by atoms with E-state index in [1.807, 2.05) is 22.9 Å². The van der Waals surface area contributed by atoms with Crippen molar-refractivity contribution in [2.45, 2.75) is 37.3 Å². The summed E-state index contributed by atoms with van der Waals surface area (Å²) < 4.78 is 13.4. The molecule has 5 rings (SSSR count). The van der Waals surface area contributed by atoms with Crippen LogP contribution in [0.1, 0.15) is 30.5 Å². The summed E-state index contributed by atoms with van der Waals surface area (Å²) in [4.78, 5) is 14.1. The number of nitrogens with zero attached hydrogens (tertiary/aromatic N) is 3. The van der Waals surface area contributed by atoms with Crippen molar-refractivity contribution in [2.75, 3.05) is 26.3 Å². The maximum Gasteiger partial charge on any atom is 0.323 e. The lowest BCUT2D eigenvalue weighted by molar-refractivity contribution is -0.145. The summed E-state index contributed by atoms with van der Waals surface area (Å²) in [5.41, 5.74) is 3.13. The van der Waals surface area contributed by atoms with Gasteiger partial charge in [-0.05, 0) is 37.0 Å². The van der Waals surface area contributed by atoms with Gasteiger partial charge in [0.25, 0.3) is 0 Å². The fraction of sp³-hybridized carbons (Fsp3) is 0.500. The van der Waals surface area contributed by atoms with Gasteiger partial charge in [0, 0.05) is 25.7 Å². The summed E-state index contributed by atoms with van der Waals surface area (Å²) in [7, 11) is 0. The second-order valence-electron chi connectivity index (χ2n) is 7.38. The molecule has 6 nitrogen and oxygen atoms in total. The molecular weight excluding hydrogens is 330 g/mol. The van der Waals surface area contributed by atoms with Crippen LogP contribution in [0.5, 0.6) is 0 Å². The zero-order valence-electron chi connectivity index (χ0n) is 14.8. The number of cyclic esters (lactones) is 1. The molecule has 136 valence electrons. The van der Waals surface area contributed by atoms with Crippen molar-refractivity contribution in [1.82, 2.24) is 14.7 Å². The monoisotopic (exact) mass is 353 g/mol. The van der Waals surface area contributed by atoms with E-state index in [2.05, 4.69) is 23.2 Å². The number of para-hydroxylation sites is 1. The van der Waals surface area contributed by atoms with Gasteiger partial charge in [-0.15, -0.1) is 0 Å². The lowest BCUT2D eigenvalue weighted by Crippen LogP contribution is -2.50. The number of aromatic nitrogens is 2. The van der Waals surface area contributed by atoms with Crippen LogP contribution in [0.3, 0.4) is 0 Å². The standard InChI is InChI=1S/C20H23N3O3/c24-19-17(7-12-25-19)22-10-8-20(9-11-22)18-15(6-13-26-20)14-23(21-18)16-4-2-1-3-5-16/h1-5,14,17H,6-13H2. The molecule has 3 aliphatic rings. The third-order valence-corrected chi connectivity index (χ3v) is 5.95. The van der Waals surface area contributed by atoms with Crippen molar-refractivity contribution in [3.05, 3.63) is 47.8 Å². The van der Waals surface area contributed by atoms with E-state index in [1.54, 1.807) is 0 Å². The number of ether oxygens (including phenoxy) is 2. The fourth-order valence-electron chi connectivity index (χ4n) is 4.51. The molecule has 0 radical (unpaired) electrons. The number of piperidine rings is 1. The Hall–Kier alpha value is -2.18. The summed E-state index contributed by atoms with van der Waals surface area (Å²) in [5, 5.41) is 4.92. The van der Waals surface area contributed by atoms with Crippen molar-refractivity contribution in [2.24, 2.45) is 0 Å². The Kier molecular flexibility index (Phi) is 3.83. The quantitative estimate of drug-likeness (QED) is 0.774. The number of likely N-dealkylation sites (tertiary alicyclic amines) is 1. The van der Waals surface area contributed by atoms with E-state index >= 15 is 0 Å². The van der Waals surface area contributed by atoms with Gasteiger partial charge in [0.2, 0.25) is 0 Å². The van der Waals surface area contributed by atoms with Crippen LogP contribution in [0.25, 0.3) is 5.69 Å². The summed E-state index contributed by atoms with van der Waals surface area (Å²) in [5.74, 6) is -0.0699. The van der Waals surface area contributed by atoms with Crippen LogP contribution in [0.4, 0.5) is 0 Å². The van der Waals surface area contributed by atoms with Crippen molar-refractivity contribution >= 4 is 5.97 Å². The van der Waals surface area contributed by atoms with E-state index in [9.17, 15) is 4.79 Å². The highest BCUT2D eigenvalue weighted by Gasteiger charge is 2.45. The zero-order chi connectivity index (χ0) is 17.6. The average Bonchev–Trinajstić information content (AvgIpc) is 3.31. The molecule has 0 N–H and O–H groups in total. The van der Waals surface area contributed by atoms with Gasteiger partial charge >= 0.3 is 5.97 Å². The van der Waals surface area contributed by atoms with Gasteiger partial charge < -0.3 is 9.47 Å². The molecule has 26 heavy (non-hydrogen) atoms. The number of fused-ring (bicyclic) bond motifs is 2. The van der Waals surface area contributed by atoms with Gasteiger partial charge in [-0.25, -0.2) is 4.68 Å². The van der Waals surface area contributed by atoms with E-state index in [-0.39, 0.29) is 17.6 Å². The first-order valence-electron chi connectivity index (χ1n) is 9.44. The Morgan fingerprint density at radius 3 is 2.65 bits per heavy atom. The number of esters is 1. The Morgan fingerprint density at radius 1 is 1.12 bits per heavy atom. The summed E-state index contributed by atoms with van der Waals surface area (Å²) in [6.07, 6.45) is 5.60. The molecule has 3 aliphatic heterocycles. The molecule has 1 atom stereocenters. The number of rotatable bonds is 2. The number of carbonyl (C=O) groups excluding carboxylic acids is 1. The fourth-order valence-corrected chi connectivity index (χ4v) is 4.51.